The van der Waals surface area contributed by atoms with Gasteiger partial charge < -0.3 is 10.6 Å². The summed E-state index contributed by atoms with van der Waals surface area (Å²) < 4.78 is 0. The van der Waals surface area contributed by atoms with Crippen LogP contribution in [-0.4, -0.2) is 29.2 Å². The molecule has 1 aromatic heterocycles. The zero-order valence-electron chi connectivity index (χ0n) is 9.03. The van der Waals surface area contributed by atoms with Gasteiger partial charge in [-0.3, -0.25) is 9.89 Å². The van der Waals surface area contributed by atoms with E-state index in [1.165, 1.54) is 0 Å². The molecule has 16 heavy (non-hydrogen) atoms. The van der Waals surface area contributed by atoms with Crippen molar-refractivity contribution in [1.82, 2.24) is 15.5 Å². The SMILES string of the molecule is Cl.O=C(CC1CCNCC1)Nc1cn[nH]c1. The van der Waals surface area contributed by atoms with Gasteiger partial charge in [-0.15, -0.1) is 12.4 Å². The largest absolute Gasteiger partial charge is 0.323 e. The monoisotopic (exact) mass is 244 g/mol. The zero-order valence-corrected chi connectivity index (χ0v) is 9.85. The van der Waals surface area contributed by atoms with Crippen molar-refractivity contribution in [1.29, 1.82) is 0 Å². The summed E-state index contributed by atoms with van der Waals surface area (Å²) in [6.45, 7) is 2.06. The number of nitrogens with zero attached hydrogens (tertiary/aromatic N) is 1. The molecule has 1 aromatic rings. The second-order valence-corrected chi connectivity index (χ2v) is 3.93. The molecule has 0 bridgehead atoms. The van der Waals surface area contributed by atoms with Crippen molar-refractivity contribution in [3.8, 4) is 0 Å². The maximum absolute atomic E-state index is 11.6. The third kappa shape index (κ3) is 3.83. The minimum Gasteiger partial charge on any atom is -0.323 e. The number of rotatable bonds is 3. The highest BCUT2D eigenvalue weighted by atomic mass is 35.5. The van der Waals surface area contributed by atoms with Crippen LogP contribution in [0.25, 0.3) is 0 Å². The molecular weight excluding hydrogens is 228 g/mol. The van der Waals surface area contributed by atoms with Crippen LogP contribution in [0.3, 0.4) is 0 Å². The molecule has 0 aliphatic carbocycles. The quantitative estimate of drug-likeness (QED) is 0.747. The van der Waals surface area contributed by atoms with Gasteiger partial charge in [0.25, 0.3) is 0 Å². The molecule has 1 amide bonds. The predicted octanol–water partition coefficient (Wildman–Crippen LogP) is 1.16. The van der Waals surface area contributed by atoms with Crippen molar-refractivity contribution < 1.29 is 4.79 Å². The Kier molecular flexibility index (Phi) is 5.28. The molecule has 1 aliphatic rings. The molecule has 6 heteroatoms. The molecule has 1 aliphatic heterocycles. The van der Waals surface area contributed by atoms with Gasteiger partial charge in [-0.25, -0.2) is 0 Å². The first-order valence-corrected chi connectivity index (χ1v) is 5.34. The highest BCUT2D eigenvalue weighted by Gasteiger charge is 2.16. The summed E-state index contributed by atoms with van der Waals surface area (Å²) in [5.41, 5.74) is 0.744. The van der Waals surface area contributed by atoms with Crippen LogP contribution in [0.15, 0.2) is 12.4 Å². The van der Waals surface area contributed by atoms with E-state index in [0.29, 0.717) is 12.3 Å². The van der Waals surface area contributed by atoms with E-state index in [0.717, 1.165) is 31.6 Å². The minimum atomic E-state index is 0. The number of carbonyl (C=O) groups excluding carboxylic acids is 1. The Morgan fingerprint density at radius 1 is 1.50 bits per heavy atom. The number of hydrogen-bond donors (Lipinski definition) is 3. The van der Waals surface area contributed by atoms with Crippen LogP contribution in [0.1, 0.15) is 19.3 Å². The van der Waals surface area contributed by atoms with E-state index in [1.54, 1.807) is 12.4 Å². The van der Waals surface area contributed by atoms with E-state index in [9.17, 15) is 4.79 Å². The third-order valence-electron chi connectivity index (χ3n) is 2.71. The van der Waals surface area contributed by atoms with Gasteiger partial charge in [0.05, 0.1) is 11.9 Å². The van der Waals surface area contributed by atoms with Crippen molar-refractivity contribution in [2.24, 2.45) is 5.92 Å². The second-order valence-electron chi connectivity index (χ2n) is 3.93. The number of amides is 1. The van der Waals surface area contributed by atoms with E-state index in [-0.39, 0.29) is 18.3 Å². The first-order valence-electron chi connectivity index (χ1n) is 5.34. The van der Waals surface area contributed by atoms with E-state index >= 15 is 0 Å². The van der Waals surface area contributed by atoms with E-state index in [4.69, 9.17) is 0 Å². The molecule has 1 saturated heterocycles. The Hall–Kier alpha value is -1.07. The van der Waals surface area contributed by atoms with Crippen molar-refractivity contribution >= 4 is 24.0 Å². The van der Waals surface area contributed by atoms with E-state index in [1.807, 2.05) is 0 Å². The number of halogens is 1. The van der Waals surface area contributed by atoms with Crippen LogP contribution in [0.5, 0.6) is 0 Å². The van der Waals surface area contributed by atoms with Crippen LogP contribution >= 0.6 is 12.4 Å². The second kappa shape index (κ2) is 6.50. The standard InChI is InChI=1S/C10H16N4O.ClH/c15-10(14-9-6-12-13-7-9)5-8-1-3-11-4-2-8;/h6-8,11H,1-5H2,(H,12,13)(H,14,15);1H. The lowest BCUT2D eigenvalue weighted by atomic mass is 9.94. The van der Waals surface area contributed by atoms with Gasteiger partial charge in [-0.2, -0.15) is 5.10 Å². The summed E-state index contributed by atoms with van der Waals surface area (Å²) in [5, 5.41) is 12.5. The van der Waals surface area contributed by atoms with Crippen molar-refractivity contribution in [2.45, 2.75) is 19.3 Å². The van der Waals surface area contributed by atoms with E-state index < -0.39 is 0 Å². The summed E-state index contributed by atoms with van der Waals surface area (Å²) in [4.78, 5) is 11.6. The molecule has 0 unspecified atom stereocenters. The molecule has 2 rings (SSSR count). The molecule has 0 spiro atoms. The highest BCUT2D eigenvalue weighted by Crippen LogP contribution is 2.16. The molecule has 2 heterocycles. The fourth-order valence-corrected chi connectivity index (χ4v) is 1.88. The van der Waals surface area contributed by atoms with Crippen LogP contribution < -0.4 is 10.6 Å². The summed E-state index contributed by atoms with van der Waals surface area (Å²) in [5.74, 6) is 0.612. The van der Waals surface area contributed by atoms with Gasteiger partial charge >= 0.3 is 0 Å². The fraction of sp³-hybridized carbons (Fsp3) is 0.600. The summed E-state index contributed by atoms with van der Waals surface area (Å²) in [6.07, 6.45) is 6.10. The molecule has 0 radical (unpaired) electrons. The number of carbonyl (C=O) groups is 1. The predicted molar refractivity (Wildman–Crippen MR) is 64.7 cm³/mol. The van der Waals surface area contributed by atoms with Crippen molar-refractivity contribution in [3.63, 3.8) is 0 Å². The number of H-pyrrole nitrogens is 1. The van der Waals surface area contributed by atoms with Crippen molar-refractivity contribution in [2.75, 3.05) is 18.4 Å². The molecule has 1 fully saturated rings. The van der Waals surface area contributed by atoms with Gasteiger partial charge in [0.1, 0.15) is 0 Å². The third-order valence-corrected chi connectivity index (χ3v) is 2.71. The number of anilines is 1. The van der Waals surface area contributed by atoms with E-state index in [2.05, 4.69) is 20.8 Å². The number of aromatic nitrogens is 2. The molecule has 90 valence electrons. The molecule has 5 nitrogen and oxygen atoms in total. The summed E-state index contributed by atoms with van der Waals surface area (Å²) >= 11 is 0. The number of hydrogen-bond acceptors (Lipinski definition) is 3. The Morgan fingerprint density at radius 2 is 2.25 bits per heavy atom. The minimum absolute atomic E-state index is 0. The molecule has 0 aromatic carbocycles. The number of aromatic amines is 1. The van der Waals surface area contributed by atoms with Crippen LogP contribution in [-0.2, 0) is 4.79 Å². The van der Waals surface area contributed by atoms with Crippen LogP contribution in [0.2, 0.25) is 0 Å². The number of nitrogens with one attached hydrogen (secondary N) is 3. The Morgan fingerprint density at radius 3 is 2.88 bits per heavy atom. The Balaban J connectivity index is 0.00000128. The van der Waals surface area contributed by atoms with Gasteiger partial charge in [-0.1, -0.05) is 0 Å². The molecule has 0 saturated carbocycles. The summed E-state index contributed by atoms with van der Waals surface area (Å²) in [7, 11) is 0. The van der Waals surface area contributed by atoms with Gasteiger partial charge in [-0.05, 0) is 31.8 Å². The molecule has 3 N–H and O–H groups in total. The maximum Gasteiger partial charge on any atom is 0.224 e. The first-order chi connectivity index (χ1) is 7.34. The fourth-order valence-electron chi connectivity index (χ4n) is 1.88. The van der Waals surface area contributed by atoms with Crippen LogP contribution in [0, 0.1) is 5.92 Å². The average molecular weight is 245 g/mol. The molecular formula is C10H17ClN4O. The topological polar surface area (TPSA) is 69.8 Å². The molecule has 0 atom stereocenters. The first kappa shape index (κ1) is 13.0. The zero-order chi connectivity index (χ0) is 10.5. The van der Waals surface area contributed by atoms with Gasteiger partial charge in [0.15, 0.2) is 0 Å². The van der Waals surface area contributed by atoms with Gasteiger partial charge in [0, 0.05) is 12.6 Å². The van der Waals surface area contributed by atoms with Crippen molar-refractivity contribution in [3.05, 3.63) is 12.4 Å². The lowest BCUT2D eigenvalue weighted by molar-refractivity contribution is -0.117. The highest BCUT2D eigenvalue weighted by molar-refractivity contribution is 5.90. The summed E-state index contributed by atoms with van der Waals surface area (Å²) in [6, 6.07) is 0. The van der Waals surface area contributed by atoms with Crippen LogP contribution in [0.4, 0.5) is 5.69 Å². The average Bonchev–Trinajstić information content (AvgIpc) is 2.71. The lowest BCUT2D eigenvalue weighted by Crippen LogP contribution is -2.30. The van der Waals surface area contributed by atoms with Gasteiger partial charge in [0.2, 0.25) is 5.91 Å². The smallest absolute Gasteiger partial charge is 0.224 e. The normalized spacial score (nSPS) is 16.5. The number of piperidine rings is 1. The Bertz CT molecular complexity index is 309. The Labute approximate surface area is 101 Å². The maximum atomic E-state index is 11.6. The lowest BCUT2D eigenvalue weighted by Gasteiger charge is -2.21.